The maximum atomic E-state index is 12.9. The van der Waals surface area contributed by atoms with Gasteiger partial charge in [0.15, 0.2) is 0 Å². The van der Waals surface area contributed by atoms with E-state index < -0.39 is 10.0 Å². The molecular weight excluding hydrogens is 428 g/mol. The minimum Gasteiger partial charge on any atom is -0.495 e. The van der Waals surface area contributed by atoms with Gasteiger partial charge in [0.05, 0.1) is 19.9 Å². The molecule has 1 aromatic heterocycles. The van der Waals surface area contributed by atoms with E-state index in [0.717, 1.165) is 5.56 Å². The Bertz CT molecular complexity index is 1110. The van der Waals surface area contributed by atoms with Crippen LogP contribution in [0, 0.1) is 0 Å². The molecule has 0 unspecified atom stereocenters. The van der Waals surface area contributed by atoms with Gasteiger partial charge in [0, 0.05) is 24.2 Å². The van der Waals surface area contributed by atoms with Crippen LogP contribution in [0.15, 0.2) is 70.2 Å². The second-order valence-corrected chi connectivity index (χ2v) is 8.73. The molecule has 0 aliphatic rings. The molecule has 158 valence electrons. The summed E-state index contributed by atoms with van der Waals surface area (Å²) in [5, 5.41) is 0.563. The quantitative estimate of drug-likeness (QED) is 0.567. The van der Waals surface area contributed by atoms with Gasteiger partial charge < -0.3 is 14.1 Å². The Labute approximate surface area is 180 Å². The molecular formula is C21H21ClN2O5S. The Kier molecular flexibility index (Phi) is 6.81. The summed E-state index contributed by atoms with van der Waals surface area (Å²) in [5.74, 6) is 0.420. The van der Waals surface area contributed by atoms with Crippen molar-refractivity contribution in [3.8, 4) is 5.75 Å². The maximum Gasteiger partial charge on any atom is 0.254 e. The molecule has 0 atom stereocenters. The first kappa shape index (κ1) is 21.9. The standard InChI is InChI=1S/C21H21ClN2O5S/c1-24(14-18-4-3-11-29-18)21(25)16-7-10-19(28-2)20(12-16)30(26,27)23-13-15-5-8-17(22)9-6-15/h3-12,23H,13-14H2,1-2H3. The molecule has 9 heteroatoms. The Hall–Kier alpha value is -2.81. The Morgan fingerprint density at radius 2 is 1.90 bits per heavy atom. The van der Waals surface area contributed by atoms with Gasteiger partial charge >= 0.3 is 0 Å². The first-order valence-electron chi connectivity index (χ1n) is 9.00. The number of nitrogens with zero attached hydrogens (tertiary/aromatic N) is 1. The van der Waals surface area contributed by atoms with Gasteiger partial charge in [-0.1, -0.05) is 23.7 Å². The number of benzene rings is 2. The third kappa shape index (κ3) is 5.21. The lowest BCUT2D eigenvalue weighted by Crippen LogP contribution is -2.27. The predicted molar refractivity (Wildman–Crippen MR) is 113 cm³/mol. The van der Waals surface area contributed by atoms with E-state index in [-0.39, 0.29) is 35.2 Å². The largest absolute Gasteiger partial charge is 0.495 e. The summed E-state index contributed by atoms with van der Waals surface area (Å²) in [5.41, 5.74) is 0.962. The number of amides is 1. The number of carbonyl (C=O) groups is 1. The molecule has 1 amide bonds. The first-order chi connectivity index (χ1) is 14.3. The van der Waals surface area contributed by atoms with E-state index in [1.165, 1.54) is 36.5 Å². The summed E-state index contributed by atoms with van der Waals surface area (Å²) in [6.07, 6.45) is 1.53. The number of hydrogen-bond acceptors (Lipinski definition) is 5. The van der Waals surface area contributed by atoms with E-state index in [0.29, 0.717) is 10.8 Å². The van der Waals surface area contributed by atoms with E-state index in [2.05, 4.69) is 4.72 Å². The molecule has 0 saturated carbocycles. The van der Waals surface area contributed by atoms with Crippen LogP contribution in [0.25, 0.3) is 0 Å². The van der Waals surface area contributed by atoms with Crippen molar-refractivity contribution in [2.24, 2.45) is 0 Å². The van der Waals surface area contributed by atoms with Crippen LogP contribution in [0.1, 0.15) is 21.7 Å². The topological polar surface area (TPSA) is 88.8 Å². The van der Waals surface area contributed by atoms with Crippen molar-refractivity contribution in [2.75, 3.05) is 14.2 Å². The van der Waals surface area contributed by atoms with Crippen molar-refractivity contribution in [1.82, 2.24) is 9.62 Å². The highest BCUT2D eigenvalue weighted by Crippen LogP contribution is 2.26. The zero-order valence-electron chi connectivity index (χ0n) is 16.5. The van der Waals surface area contributed by atoms with E-state index in [1.807, 2.05) is 0 Å². The fraction of sp³-hybridized carbons (Fsp3) is 0.190. The fourth-order valence-electron chi connectivity index (χ4n) is 2.81. The number of hydrogen-bond donors (Lipinski definition) is 1. The molecule has 0 radical (unpaired) electrons. The van der Waals surface area contributed by atoms with Crippen molar-refractivity contribution >= 4 is 27.5 Å². The normalized spacial score (nSPS) is 11.3. The van der Waals surface area contributed by atoms with Gasteiger partial charge in [0.25, 0.3) is 5.91 Å². The molecule has 3 rings (SSSR count). The van der Waals surface area contributed by atoms with Crippen molar-refractivity contribution in [1.29, 1.82) is 0 Å². The molecule has 1 N–H and O–H groups in total. The Balaban J connectivity index is 1.82. The fourth-order valence-corrected chi connectivity index (χ4v) is 4.14. The highest BCUT2D eigenvalue weighted by molar-refractivity contribution is 7.89. The number of furan rings is 1. The van der Waals surface area contributed by atoms with E-state index in [1.54, 1.807) is 43.4 Å². The zero-order valence-corrected chi connectivity index (χ0v) is 18.0. The number of sulfonamides is 1. The van der Waals surface area contributed by atoms with Crippen LogP contribution in [0.2, 0.25) is 5.02 Å². The number of nitrogens with one attached hydrogen (secondary N) is 1. The second-order valence-electron chi connectivity index (χ2n) is 6.56. The average Bonchev–Trinajstić information content (AvgIpc) is 3.25. The third-order valence-electron chi connectivity index (χ3n) is 4.40. The predicted octanol–water partition coefficient (Wildman–Crippen LogP) is 3.69. The molecule has 30 heavy (non-hydrogen) atoms. The number of halogens is 1. The average molecular weight is 449 g/mol. The second kappa shape index (κ2) is 9.34. The van der Waals surface area contributed by atoms with Gasteiger partial charge in [-0.05, 0) is 48.0 Å². The number of rotatable bonds is 8. The molecule has 0 saturated heterocycles. The van der Waals surface area contributed by atoms with Crippen LogP contribution in [-0.2, 0) is 23.1 Å². The van der Waals surface area contributed by atoms with Crippen molar-refractivity contribution in [3.05, 3.63) is 82.8 Å². The van der Waals surface area contributed by atoms with Gasteiger partial charge in [-0.3, -0.25) is 4.79 Å². The Morgan fingerprint density at radius 3 is 2.53 bits per heavy atom. The molecule has 0 fully saturated rings. The number of methoxy groups -OCH3 is 1. The van der Waals surface area contributed by atoms with Gasteiger partial charge in [0.1, 0.15) is 16.4 Å². The van der Waals surface area contributed by atoms with Crippen LogP contribution in [0.5, 0.6) is 5.75 Å². The van der Waals surface area contributed by atoms with Crippen molar-refractivity contribution < 1.29 is 22.4 Å². The monoisotopic (exact) mass is 448 g/mol. The van der Waals surface area contributed by atoms with E-state index in [4.69, 9.17) is 20.8 Å². The highest BCUT2D eigenvalue weighted by atomic mass is 35.5. The molecule has 0 aliphatic heterocycles. The number of ether oxygens (including phenoxy) is 1. The minimum atomic E-state index is -3.94. The van der Waals surface area contributed by atoms with Crippen LogP contribution < -0.4 is 9.46 Å². The van der Waals surface area contributed by atoms with Gasteiger partial charge in [-0.2, -0.15) is 0 Å². The highest BCUT2D eigenvalue weighted by Gasteiger charge is 2.23. The lowest BCUT2D eigenvalue weighted by atomic mass is 10.2. The summed E-state index contributed by atoms with van der Waals surface area (Å²) in [7, 11) is -0.954. The lowest BCUT2D eigenvalue weighted by molar-refractivity contribution is 0.0775. The first-order valence-corrected chi connectivity index (χ1v) is 10.9. The molecule has 0 bridgehead atoms. The molecule has 2 aromatic carbocycles. The zero-order chi connectivity index (χ0) is 21.7. The maximum absolute atomic E-state index is 12.9. The van der Waals surface area contributed by atoms with Gasteiger partial charge in [-0.25, -0.2) is 13.1 Å². The number of carbonyl (C=O) groups excluding carboxylic acids is 1. The Morgan fingerprint density at radius 1 is 1.17 bits per heavy atom. The third-order valence-corrected chi connectivity index (χ3v) is 6.07. The molecule has 3 aromatic rings. The van der Waals surface area contributed by atoms with Crippen LogP contribution in [0.4, 0.5) is 0 Å². The molecule has 1 heterocycles. The lowest BCUT2D eigenvalue weighted by Gasteiger charge is -2.17. The molecule has 0 spiro atoms. The van der Waals surface area contributed by atoms with Crippen LogP contribution in [-0.4, -0.2) is 33.4 Å². The summed E-state index contributed by atoms with van der Waals surface area (Å²) in [6.45, 7) is 0.327. The smallest absolute Gasteiger partial charge is 0.254 e. The SMILES string of the molecule is COc1ccc(C(=O)N(C)Cc2ccco2)cc1S(=O)(=O)NCc1ccc(Cl)cc1. The van der Waals surface area contributed by atoms with Crippen LogP contribution in [0.3, 0.4) is 0 Å². The summed E-state index contributed by atoms with van der Waals surface area (Å²) < 4.78 is 38.8. The minimum absolute atomic E-state index is 0.0687. The van der Waals surface area contributed by atoms with Gasteiger partial charge in [-0.15, -0.1) is 0 Å². The molecule has 0 aliphatic carbocycles. The van der Waals surface area contributed by atoms with Crippen molar-refractivity contribution in [3.63, 3.8) is 0 Å². The molecule has 7 nitrogen and oxygen atoms in total. The summed E-state index contributed by atoms with van der Waals surface area (Å²) in [6, 6.07) is 14.6. The van der Waals surface area contributed by atoms with E-state index >= 15 is 0 Å². The van der Waals surface area contributed by atoms with Gasteiger partial charge in [0.2, 0.25) is 10.0 Å². The van der Waals surface area contributed by atoms with Crippen molar-refractivity contribution in [2.45, 2.75) is 18.0 Å². The van der Waals surface area contributed by atoms with Crippen LogP contribution >= 0.6 is 11.6 Å². The summed E-state index contributed by atoms with van der Waals surface area (Å²) >= 11 is 5.86. The summed E-state index contributed by atoms with van der Waals surface area (Å²) in [4.78, 5) is 14.1. The van der Waals surface area contributed by atoms with E-state index in [9.17, 15) is 13.2 Å².